The molecule has 0 aromatic heterocycles. The van der Waals surface area contributed by atoms with Crippen LogP contribution in [0.2, 0.25) is 0 Å². The van der Waals surface area contributed by atoms with Gasteiger partial charge in [0.2, 0.25) is 5.90 Å². The predicted molar refractivity (Wildman–Crippen MR) is 102 cm³/mol. The third-order valence-corrected chi connectivity index (χ3v) is 4.26. The Morgan fingerprint density at radius 3 is 2.42 bits per heavy atom. The molecule has 1 aliphatic heterocycles. The fraction of sp³-hybridized carbons (Fsp3) is 0.364. The van der Waals surface area contributed by atoms with Crippen LogP contribution in [0.5, 0.6) is 0 Å². The van der Waals surface area contributed by atoms with E-state index in [0.717, 1.165) is 16.7 Å². The molecule has 4 heteroatoms. The number of carbonyl (C=O) groups excluding carboxylic acids is 1. The summed E-state index contributed by atoms with van der Waals surface area (Å²) < 4.78 is 11.6. The number of carbonyl (C=O) groups is 1. The minimum Gasteiger partial charge on any atom is -0.474 e. The molecule has 0 saturated carbocycles. The topological polar surface area (TPSA) is 47.9 Å². The lowest BCUT2D eigenvalue weighted by atomic mass is 9.92. The summed E-state index contributed by atoms with van der Waals surface area (Å²) in [5.41, 5.74) is 1.35. The second-order valence-corrected chi connectivity index (χ2v) is 7.72. The quantitative estimate of drug-likeness (QED) is 0.779. The van der Waals surface area contributed by atoms with Crippen molar-refractivity contribution in [1.29, 1.82) is 0 Å². The van der Waals surface area contributed by atoms with Crippen LogP contribution in [-0.2, 0) is 20.7 Å². The third kappa shape index (κ3) is 3.96. The molecule has 26 heavy (non-hydrogen) atoms. The van der Waals surface area contributed by atoms with Crippen molar-refractivity contribution < 1.29 is 14.3 Å². The van der Waals surface area contributed by atoms with Crippen molar-refractivity contribution in [2.24, 2.45) is 4.99 Å². The SMILES string of the molecule is Cc1ccccc1C1=N[C@@](Cc2ccccc2)(C(=O)OC(C)(C)C)CO1. The molecule has 0 bridgehead atoms. The Morgan fingerprint density at radius 2 is 1.77 bits per heavy atom. The van der Waals surface area contributed by atoms with Gasteiger partial charge in [-0.2, -0.15) is 0 Å². The molecule has 136 valence electrons. The molecule has 2 aromatic carbocycles. The number of hydrogen-bond acceptors (Lipinski definition) is 4. The average molecular weight is 351 g/mol. The average Bonchev–Trinajstić information content (AvgIpc) is 3.00. The van der Waals surface area contributed by atoms with Gasteiger partial charge in [-0.15, -0.1) is 0 Å². The molecule has 0 radical (unpaired) electrons. The highest BCUT2D eigenvalue weighted by Crippen LogP contribution is 2.30. The van der Waals surface area contributed by atoms with Crippen LogP contribution >= 0.6 is 0 Å². The largest absolute Gasteiger partial charge is 0.474 e. The maximum absolute atomic E-state index is 13.0. The first-order valence-corrected chi connectivity index (χ1v) is 8.85. The van der Waals surface area contributed by atoms with Crippen LogP contribution in [-0.4, -0.2) is 29.6 Å². The number of esters is 1. The number of aryl methyl sites for hydroxylation is 1. The van der Waals surface area contributed by atoms with Gasteiger partial charge in [0.1, 0.15) is 12.2 Å². The zero-order valence-corrected chi connectivity index (χ0v) is 15.8. The third-order valence-electron chi connectivity index (χ3n) is 4.26. The molecule has 1 aliphatic rings. The van der Waals surface area contributed by atoms with E-state index in [4.69, 9.17) is 14.5 Å². The Kier molecular flexibility index (Phi) is 4.86. The van der Waals surface area contributed by atoms with Crippen LogP contribution in [0, 0.1) is 6.92 Å². The summed E-state index contributed by atoms with van der Waals surface area (Å²) in [6.45, 7) is 7.78. The van der Waals surface area contributed by atoms with Crippen LogP contribution < -0.4 is 0 Å². The minimum absolute atomic E-state index is 0.181. The Bertz CT molecular complexity index is 821. The zero-order chi connectivity index (χ0) is 18.8. The van der Waals surface area contributed by atoms with Gasteiger partial charge in [-0.05, 0) is 44.9 Å². The normalized spacial score (nSPS) is 19.6. The number of nitrogens with zero attached hydrogens (tertiary/aromatic N) is 1. The van der Waals surface area contributed by atoms with E-state index in [-0.39, 0.29) is 12.6 Å². The van der Waals surface area contributed by atoms with Gasteiger partial charge >= 0.3 is 5.97 Å². The molecule has 1 atom stereocenters. The van der Waals surface area contributed by atoms with Gasteiger partial charge < -0.3 is 9.47 Å². The molecule has 1 heterocycles. The van der Waals surface area contributed by atoms with E-state index >= 15 is 0 Å². The Hall–Kier alpha value is -2.62. The number of hydrogen-bond donors (Lipinski definition) is 0. The summed E-state index contributed by atoms with van der Waals surface area (Å²) in [5, 5.41) is 0. The molecular formula is C22H25NO3. The second kappa shape index (κ2) is 6.94. The van der Waals surface area contributed by atoms with Gasteiger partial charge in [0.15, 0.2) is 5.54 Å². The molecule has 0 saturated heterocycles. The van der Waals surface area contributed by atoms with Crippen molar-refractivity contribution in [3.8, 4) is 0 Å². The first-order chi connectivity index (χ1) is 12.3. The van der Waals surface area contributed by atoms with E-state index in [1.165, 1.54) is 0 Å². The van der Waals surface area contributed by atoms with Crippen LogP contribution in [0.25, 0.3) is 0 Å². The summed E-state index contributed by atoms with van der Waals surface area (Å²) in [5.74, 6) is 0.155. The minimum atomic E-state index is -1.06. The number of benzene rings is 2. The van der Waals surface area contributed by atoms with Gasteiger partial charge in [0.05, 0.1) is 0 Å². The molecule has 3 rings (SSSR count). The van der Waals surface area contributed by atoms with E-state index in [9.17, 15) is 4.79 Å². The summed E-state index contributed by atoms with van der Waals surface area (Å²) in [6.07, 6.45) is 0.443. The molecule has 0 unspecified atom stereocenters. The predicted octanol–water partition coefficient (Wildman–Crippen LogP) is 4.10. The van der Waals surface area contributed by atoms with Crippen molar-refractivity contribution in [1.82, 2.24) is 0 Å². The number of rotatable bonds is 4. The summed E-state index contributed by atoms with van der Waals surface area (Å²) >= 11 is 0. The van der Waals surface area contributed by atoms with E-state index in [1.807, 2.05) is 82.3 Å². The number of ether oxygens (including phenoxy) is 2. The molecule has 2 aromatic rings. The van der Waals surface area contributed by atoms with Crippen LogP contribution in [0.3, 0.4) is 0 Å². The lowest BCUT2D eigenvalue weighted by molar-refractivity contribution is -0.162. The first-order valence-electron chi connectivity index (χ1n) is 8.85. The lowest BCUT2D eigenvalue weighted by Crippen LogP contribution is -2.45. The maximum atomic E-state index is 13.0. The smallest absolute Gasteiger partial charge is 0.338 e. The van der Waals surface area contributed by atoms with E-state index in [1.54, 1.807) is 0 Å². The van der Waals surface area contributed by atoms with Gasteiger partial charge in [-0.1, -0.05) is 48.5 Å². The molecule has 0 N–H and O–H groups in total. The molecular weight excluding hydrogens is 326 g/mol. The van der Waals surface area contributed by atoms with Gasteiger partial charge in [0, 0.05) is 12.0 Å². The lowest BCUT2D eigenvalue weighted by Gasteiger charge is -2.28. The van der Waals surface area contributed by atoms with Crippen molar-refractivity contribution >= 4 is 11.9 Å². The Balaban J connectivity index is 1.99. The first kappa shape index (κ1) is 18.2. The summed E-state index contributed by atoms with van der Waals surface area (Å²) in [6, 6.07) is 17.7. The van der Waals surface area contributed by atoms with Gasteiger partial charge in [0.25, 0.3) is 0 Å². The van der Waals surface area contributed by atoms with Crippen LogP contribution in [0.4, 0.5) is 0 Å². The van der Waals surface area contributed by atoms with Gasteiger partial charge in [-0.3, -0.25) is 0 Å². The van der Waals surface area contributed by atoms with Crippen LogP contribution in [0.15, 0.2) is 59.6 Å². The van der Waals surface area contributed by atoms with Crippen molar-refractivity contribution in [2.45, 2.75) is 45.3 Å². The molecule has 0 amide bonds. The van der Waals surface area contributed by atoms with Crippen molar-refractivity contribution in [3.05, 3.63) is 71.3 Å². The molecule has 0 aliphatic carbocycles. The highest BCUT2D eigenvalue weighted by Gasteiger charge is 2.47. The van der Waals surface area contributed by atoms with E-state index in [2.05, 4.69) is 0 Å². The van der Waals surface area contributed by atoms with Crippen molar-refractivity contribution in [2.75, 3.05) is 6.61 Å². The fourth-order valence-corrected chi connectivity index (χ4v) is 2.97. The standard InChI is InChI=1S/C22H25NO3/c1-16-10-8-9-13-18(16)19-23-22(15-25-19,20(24)26-21(2,3)4)14-17-11-6-5-7-12-17/h5-13H,14-15H2,1-4H3/t22-/m1/s1. The summed E-state index contributed by atoms with van der Waals surface area (Å²) in [4.78, 5) is 17.8. The monoisotopic (exact) mass is 351 g/mol. The highest BCUT2D eigenvalue weighted by atomic mass is 16.6. The molecule has 0 spiro atoms. The maximum Gasteiger partial charge on any atom is 0.338 e. The van der Waals surface area contributed by atoms with Crippen LogP contribution in [0.1, 0.15) is 37.5 Å². The Morgan fingerprint density at radius 1 is 1.12 bits per heavy atom. The van der Waals surface area contributed by atoms with E-state index < -0.39 is 11.1 Å². The highest BCUT2D eigenvalue weighted by molar-refractivity contribution is 6.00. The summed E-state index contributed by atoms with van der Waals surface area (Å²) in [7, 11) is 0. The Labute approximate surface area is 154 Å². The zero-order valence-electron chi connectivity index (χ0n) is 15.8. The van der Waals surface area contributed by atoms with E-state index in [0.29, 0.717) is 12.3 Å². The van der Waals surface area contributed by atoms with Crippen molar-refractivity contribution in [3.63, 3.8) is 0 Å². The fourth-order valence-electron chi connectivity index (χ4n) is 2.97. The number of aliphatic imine (C=N–C) groups is 1. The molecule has 0 fully saturated rings. The van der Waals surface area contributed by atoms with Gasteiger partial charge in [-0.25, -0.2) is 9.79 Å². The second-order valence-electron chi connectivity index (χ2n) is 7.72. The molecule has 4 nitrogen and oxygen atoms in total.